The second-order valence-electron chi connectivity index (χ2n) is 3.84. The van der Waals surface area contributed by atoms with Crippen molar-refractivity contribution in [2.24, 2.45) is 0 Å². The highest BCUT2D eigenvalue weighted by molar-refractivity contribution is 6.28. The van der Waals surface area contributed by atoms with Gasteiger partial charge >= 0.3 is 0 Å². The Morgan fingerprint density at radius 1 is 1.39 bits per heavy atom. The number of halogens is 1. The van der Waals surface area contributed by atoms with E-state index in [1.165, 1.54) is 10.3 Å². The lowest BCUT2D eigenvalue weighted by Gasteiger charge is -2.05. The van der Waals surface area contributed by atoms with Crippen LogP contribution in [0.15, 0.2) is 30.1 Å². The van der Waals surface area contributed by atoms with E-state index in [4.69, 9.17) is 11.6 Å². The SMILES string of the molecule is CC(C)=CCNc1nc(Cl)nc(-n2cccn2)n1. The fourth-order valence-corrected chi connectivity index (χ4v) is 1.41. The largest absolute Gasteiger partial charge is 0.351 e. The standard InChI is InChI=1S/C11H13ClN6/c1-8(2)4-6-13-10-15-9(12)16-11(17-10)18-7-3-5-14-18/h3-5,7H,6H2,1-2H3,(H,13,15,16,17). The average Bonchev–Trinajstić information content (AvgIpc) is 2.81. The highest BCUT2D eigenvalue weighted by atomic mass is 35.5. The lowest BCUT2D eigenvalue weighted by atomic mass is 10.3. The summed E-state index contributed by atoms with van der Waals surface area (Å²) in [5, 5.41) is 7.23. The topological polar surface area (TPSA) is 68.5 Å². The zero-order valence-corrected chi connectivity index (χ0v) is 10.9. The van der Waals surface area contributed by atoms with Crippen LogP contribution >= 0.6 is 11.6 Å². The Bertz CT molecular complexity index is 545. The summed E-state index contributed by atoms with van der Waals surface area (Å²) in [7, 11) is 0. The van der Waals surface area contributed by atoms with Gasteiger partial charge in [-0.15, -0.1) is 0 Å². The molecule has 0 atom stereocenters. The summed E-state index contributed by atoms with van der Waals surface area (Å²) in [6, 6.07) is 1.79. The van der Waals surface area contributed by atoms with E-state index >= 15 is 0 Å². The molecule has 6 nitrogen and oxygen atoms in total. The van der Waals surface area contributed by atoms with Crippen molar-refractivity contribution >= 4 is 17.5 Å². The Morgan fingerprint density at radius 2 is 2.22 bits per heavy atom. The first-order valence-corrected chi connectivity index (χ1v) is 5.82. The van der Waals surface area contributed by atoms with Gasteiger partial charge in [0.25, 0.3) is 5.95 Å². The van der Waals surface area contributed by atoms with Gasteiger partial charge in [-0.1, -0.05) is 11.6 Å². The fraction of sp³-hybridized carbons (Fsp3) is 0.273. The zero-order valence-electron chi connectivity index (χ0n) is 10.1. The number of aromatic nitrogens is 5. The van der Waals surface area contributed by atoms with E-state index in [0.717, 1.165) is 0 Å². The summed E-state index contributed by atoms with van der Waals surface area (Å²) >= 11 is 5.85. The summed E-state index contributed by atoms with van der Waals surface area (Å²) in [6.45, 7) is 4.69. The lowest BCUT2D eigenvalue weighted by Crippen LogP contribution is -2.09. The average molecular weight is 265 g/mol. The van der Waals surface area contributed by atoms with Crippen LogP contribution in [0.4, 0.5) is 5.95 Å². The predicted molar refractivity (Wildman–Crippen MR) is 69.9 cm³/mol. The zero-order chi connectivity index (χ0) is 13.0. The number of nitrogens with zero attached hydrogens (tertiary/aromatic N) is 5. The van der Waals surface area contributed by atoms with Gasteiger partial charge in [0, 0.05) is 18.9 Å². The molecule has 0 saturated heterocycles. The van der Waals surface area contributed by atoms with E-state index < -0.39 is 0 Å². The van der Waals surface area contributed by atoms with E-state index in [9.17, 15) is 0 Å². The molecular formula is C11H13ClN6. The molecule has 0 aliphatic heterocycles. The van der Waals surface area contributed by atoms with Gasteiger partial charge in [0.1, 0.15) is 0 Å². The fourth-order valence-electron chi connectivity index (χ4n) is 1.25. The molecule has 0 aromatic carbocycles. The van der Waals surface area contributed by atoms with Crippen molar-refractivity contribution in [3.8, 4) is 5.95 Å². The van der Waals surface area contributed by atoms with Crippen LogP contribution in [0, 0.1) is 0 Å². The molecular weight excluding hydrogens is 252 g/mol. The van der Waals surface area contributed by atoms with Crippen LogP contribution in [0.25, 0.3) is 5.95 Å². The summed E-state index contributed by atoms with van der Waals surface area (Å²) in [5.74, 6) is 0.817. The molecule has 0 spiro atoms. The number of allylic oxidation sites excluding steroid dienone is 1. The van der Waals surface area contributed by atoms with Gasteiger partial charge in [-0.25, -0.2) is 4.68 Å². The van der Waals surface area contributed by atoms with Crippen molar-refractivity contribution in [3.05, 3.63) is 35.4 Å². The molecule has 0 aliphatic rings. The third-order valence-corrected chi connectivity index (χ3v) is 2.25. The number of hydrogen-bond donors (Lipinski definition) is 1. The van der Waals surface area contributed by atoms with Gasteiger partial charge in [0.15, 0.2) is 0 Å². The summed E-state index contributed by atoms with van der Waals surface area (Å²) in [5.41, 5.74) is 1.22. The molecule has 2 heterocycles. The maximum absolute atomic E-state index is 5.85. The minimum Gasteiger partial charge on any atom is -0.351 e. The summed E-state index contributed by atoms with van der Waals surface area (Å²) in [6.07, 6.45) is 5.42. The van der Waals surface area contributed by atoms with E-state index in [1.54, 1.807) is 18.5 Å². The first-order chi connectivity index (χ1) is 8.65. The Labute approximate surface area is 110 Å². The molecule has 94 valence electrons. The lowest BCUT2D eigenvalue weighted by molar-refractivity contribution is 0.796. The molecule has 2 rings (SSSR count). The van der Waals surface area contributed by atoms with Crippen molar-refractivity contribution < 1.29 is 0 Å². The number of hydrogen-bond acceptors (Lipinski definition) is 5. The number of nitrogens with one attached hydrogen (secondary N) is 1. The van der Waals surface area contributed by atoms with Crippen molar-refractivity contribution in [1.82, 2.24) is 24.7 Å². The van der Waals surface area contributed by atoms with Crippen molar-refractivity contribution in [1.29, 1.82) is 0 Å². The molecule has 0 radical (unpaired) electrons. The molecule has 0 unspecified atom stereocenters. The third-order valence-electron chi connectivity index (χ3n) is 2.08. The summed E-state index contributed by atoms with van der Waals surface area (Å²) in [4.78, 5) is 12.2. The van der Waals surface area contributed by atoms with Crippen LogP contribution in [0.1, 0.15) is 13.8 Å². The maximum Gasteiger partial charge on any atom is 0.256 e. The predicted octanol–water partition coefficient (Wildman–Crippen LogP) is 2.09. The monoisotopic (exact) mass is 264 g/mol. The van der Waals surface area contributed by atoms with Crippen LogP contribution < -0.4 is 5.32 Å². The molecule has 0 aliphatic carbocycles. The highest BCUT2D eigenvalue weighted by Crippen LogP contribution is 2.08. The van der Waals surface area contributed by atoms with Crippen LogP contribution in [-0.2, 0) is 0 Å². The number of rotatable bonds is 4. The van der Waals surface area contributed by atoms with Crippen LogP contribution in [-0.4, -0.2) is 31.3 Å². The first kappa shape index (κ1) is 12.5. The molecule has 7 heteroatoms. The Hall–Kier alpha value is -1.95. The Morgan fingerprint density at radius 3 is 2.89 bits per heavy atom. The van der Waals surface area contributed by atoms with Crippen molar-refractivity contribution in [3.63, 3.8) is 0 Å². The molecule has 1 N–H and O–H groups in total. The molecule has 2 aromatic rings. The Balaban J connectivity index is 2.19. The van der Waals surface area contributed by atoms with Gasteiger partial charge < -0.3 is 5.32 Å². The Kier molecular flexibility index (Phi) is 3.88. The van der Waals surface area contributed by atoms with Crippen molar-refractivity contribution in [2.75, 3.05) is 11.9 Å². The van der Waals surface area contributed by atoms with E-state index in [0.29, 0.717) is 18.4 Å². The van der Waals surface area contributed by atoms with Gasteiger partial charge in [0.05, 0.1) is 0 Å². The van der Waals surface area contributed by atoms with Crippen LogP contribution in [0.5, 0.6) is 0 Å². The minimum absolute atomic E-state index is 0.134. The smallest absolute Gasteiger partial charge is 0.256 e. The normalized spacial score (nSPS) is 10.2. The van der Waals surface area contributed by atoms with E-state index in [1.807, 2.05) is 19.9 Å². The molecule has 2 aromatic heterocycles. The first-order valence-electron chi connectivity index (χ1n) is 5.44. The van der Waals surface area contributed by atoms with Gasteiger partial charge in [0.2, 0.25) is 11.2 Å². The maximum atomic E-state index is 5.85. The second-order valence-corrected chi connectivity index (χ2v) is 4.18. The molecule has 18 heavy (non-hydrogen) atoms. The van der Waals surface area contributed by atoms with Crippen LogP contribution in [0.2, 0.25) is 5.28 Å². The van der Waals surface area contributed by atoms with Crippen LogP contribution in [0.3, 0.4) is 0 Å². The highest BCUT2D eigenvalue weighted by Gasteiger charge is 2.06. The van der Waals surface area contributed by atoms with Crippen molar-refractivity contribution in [2.45, 2.75) is 13.8 Å². The van der Waals surface area contributed by atoms with Gasteiger partial charge in [-0.05, 0) is 31.5 Å². The van der Waals surface area contributed by atoms with E-state index in [2.05, 4.69) is 25.4 Å². The molecule has 0 saturated carbocycles. The summed E-state index contributed by atoms with van der Waals surface area (Å²) < 4.78 is 1.53. The third kappa shape index (κ3) is 3.27. The van der Waals surface area contributed by atoms with E-state index in [-0.39, 0.29) is 5.28 Å². The quantitative estimate of drug-likeness (QED) is 0.857. The molecule has 0 fully saturated rings. The second kappa shape index (κ2) is 5.59. The molecule has 0 bridgehead atoms. The molecule has 0 amide bonds. The minimum atomic E-state index is 0.134. The van der Waals surface area contributed by atoms with Gasteiger partial charge in [-0.3, -0.25) is 0 Å². The number of anilines is 1. The van der Waals surface area contributed by atoms with Gasteiger partial charge in [-0.2, -0.15) is 20.1 Å².